The van der Waals surface area contributed by atoms with Crippen LogP contribution in [0.4, 0.5) is 0 Å². The molecule has 1 atom stereocenters. The Balaban J connectivity index is 2.23. The standard InChI is InChI=1S/C11H18N2O2/c1-9(4-2-6-12)11(14)13-8-10-5-3-7-15-10/h3,5,7,9H,2,4,6,8,12H2,1H3,(H,13,14). The lowest BCUT2D eigenvalue weighted by Gasteiger charge is -2.10. The molecular weight excluding hydrogens is 192 g/mol. The summed E-state index contributed by atoms with van der Waals surface area (Å²) in [5, 5.41) is 2.82. The van der Waals surface area contributed by atoms with Crippen LogP contribution in [0, 0.1) is 5.92 Å². The number of carbonyl (C=O) groups excluding carboxylic acids is 1. The number of nitrogens with one attached hydrogen (secondary N) is 1. The number of amides is 1. The molecule has 0 aliphatic carbocycles. The summed E-state index contributed by atoms with van der Waals surface area (Å²) in [5.74, 6) is 0.845. The van der Waals surface area contributed by atoms with Crippen molar-refractivity contribution in [3.8, 4) is 0 Å². The van der Waals surface area contributed by atoms with Crippen LogP contribution in [0.2, 0.25) is 0 Å². The van der Waals surface area contributed by atoms with E-state index in [9.17, 15) is 4.79 Å². The molecule has 3 N–H and O–H groups in total. The van der Waals surface area contributed by atoms with Crippen molar-refractivity contribution < 1.29 is 9.21 Å². The monoisotopic (exact) mass is 210 g/mol. The summed E-state index contributed by atoms with van der Waals surface area (Å²) in [6.45, 7) is 3.00. The first kappa shape index (κ1) is 11.8. The van der Waals surface area contributed by atoms with E-state index in [4.69, 9.17) is 10.2 Å². The largest absolute Gasteiger partial charge is 0.467 e. The molecule has 4 heteroatoms. The van der Waals surface area contributed by atoms with E-state index in [1.165, 1.54) is 0 Å². The number of hydrogen-bond donors (Lipinski definition) is 2. The molecule has 0 aliphatic heterocycles. The van der Waals surface area contributed by atoms with E-state index in [1.54, 1.807) is 12.3 Å². The molecule has 1 amide bonds. The van der Waals surface area contributed by atoms with E-state index in [0.29, 0.717) is 13.1 Å². The van der Waals surface area contributed by atoms with Crippen molar-refractivity contribution in [2.24, 2.45) is 11.7 Å². The summed E-state index contributed by atoms with van der Waals surface area (Å²) in [7, 11) is 0. The number of furan rings is 1. The van der Waals surface area contributed by atoms with Gasteiger partial charge in [0, 0.05) is 5.92 Å². The zero-order chi connectivity index (χ0) is 11.1. The molecule has 0 bridgehead atoms. The van der Waals surface area contributed by atoms with Crippen LogP contribution in [0.1, 0.15) is 25.5 Å². The summed E-state index contributed by atoms with van der Waals surface area (Å²) in [6.07, 6.45) is 3.31. The van der Waals surface area contributed by atoms with E-state index in [-0.39, 0.29) is 11.8 Å². The fourth-order valence-electron chi connectivity index (χ4n) is 1.32. The van der Waals surface area contributed by atoms with Crippen molar-refractivity contribution in [2.75, 3.05) is 6.54 Å². The van der Waals surface area contributed by atoms with Crippen LogP contribution in [-0.4, -0.2) is 12.5 Å². The number of hydrogen-bond acceptors (Lipinski definition) is 3. The topological polar surface area (TPSA) is 68.3 Å². The second kappa shape index (κ2) is 6.24. The van der Waals surface area contributed by atoms with Gasteiger partial charge in [-0.3, -0.25) is 4.79 Å². The van der Waals surface area contributed by atoms with Gasteiger partial charge in [0.2, 0.25) is 5.91 Å². The minimum Gasteiger partial charge on any atom is -0.467 e. The van der Waals surface area contributed by atoms with Gasteiger partial charge >= 0.3 is 0 Å². The van der Waals surface area contributed by atoms with Gasteiger partial charge in [-0.2, -0.15) is 0 Å². The molecule has 1 unspecified atom stereocenters. The highest BCUT2D eigenvalue weighted by molar-refractivity contribution is 5.78. The molecular formula is C11H18N2O2. The third-order valence-corrected chi connectivity index (χ3v) is 2.31. The molecule has 15 heavy (non-hydrogen) atoms. The first-order valence-electron chi connectivity index (χ1n) is 5.24. The molecule has 0 aromatic carbocycles. The van der Waals surface area contributed by atoms with Crippen molar-refractivity contribution >= 4 is 5.91 Å². The molecule has 1 rings (SSSR count). The van der Waals surface area contributed by atoms with Gasteiger partial charge in [0.25, 0.3) is 0 Å². The second-order valence-electron chi connectivity index (χ2n) is 3.63. The minimum absolute atomic E-state index is 0.0171. The predicted molar refractivity (Wildman–Crippen MR) is 58.0 cm³/mol. The second-order valence-corrected chi connectivity index (χ2v) is 3.63. The third kappa shape index (κ3) is 4.16. The smallest absolute Gasteiger partial charge is 0.223 e. The Bertz CT molecular complexity index is 283. The average molecular weight is 210 g/mol. The van der Waals surface area contributed by atoms with Gasteiger partial charge in [-0.05, 0) is 31.5 Å². The van der Waals surface area contributed by atoms with Gasteiger partial charge in [-0.15, -0.1) is 0 Å². The first-order chi connectivity index (χ1) is 7.24. The summed E-state index contributed by atoms with van der Waals surface area (Å²) < 4.78 is 5.11. The van der Waals surface area contributed by atoms with Crippen LogP contribution < -0.4 is 11.1 Å². The molecule has 4 nitrogen and oxygen atoms in total. The SMILES string of the molecule is CC(CCCN)C(=O)NCc1ccco1. The van der Waals surface area contributed by atoms with Crippen LogP contribution in [0.15, 0.2) is 22.8 Å². The lowest BCUT2D eigenvalue weighted by molar-refractivity contribution is -0.124. The highest BCUT2D eigenvalue weighted by Gasteiger charge is 2.11. The molecule has 1 heterocycles. The Labute approximate surface area is 89.8 Å². The zero-order valence-electron chi connectivity index (χ0n) is 9.03. The molecule has 0 saturated heterocycles. The third-order valence-electron chi connectivity index (χ3n) is 2.31. The van der Waals surface area contributed by atoms with Gasteiger partial charge in [0.1, 0.15) is 5.76 Å². The minimum atomic E-state index is 0.0171. The predicted octanol–water partition coefficient (Wildman–Crippen LogP) is 1.27. The number of carbonyl (C=O) groups is 1. The molecule has 0 fully saturated rings. The quantitative estimate of drug-likeness (QED) is 0.743. The maximum Gasteiger partial charge on any atom is 0.223 e. The van der Waals surface area contributed by atoms with Gasteiger partial charge in [-0.1, -0.05) is 6.92 Å². The fraction of sp³-hybridized carbons (Fsp3) is 0.545. The lowest BCUT2D eigenvalue weighted by atomic mass is 10.1. The molecule has 84 valence electrons. The van der Waals surface area contributed by atoms with Crippen LogP contribution in [0.25, 0.3) is 0 Å². The molecule has 0 saturated carbocycles. The average Bonchev–Trinajstić information content (AvgIpc) is 2.75. The first-order valence-corrected chi connectivity index (χ1v) is 5.24. The van der Waals surface area contributed by atoms with Gasteiger partial charge in [-0.25, -0.2) is 0 Å². The fourth-order valence-corrected chi connectivity index (χ4v) is 1.32. The van der Waals surface area contributed by atoms with E-state index >= 15 is 0 Å². The summed E-state index contributed by atoms with van der Waals surface area (Å²) >= 11 is 0. The molecule has 0 radical (unpaired) electrons. The maximum atomic E-state index is 11.6. The number of nitrogens with two attached hydrogens (primary N) is 1. The van der Waals surface area contributed by atoms with Gasteiger partial charge in [0.15, 0.2) is 0 Å². The van der Waals surface area contributed by atoms with Crippen molar-refractivity contribution in [3.63, 3.8) is 0 Å². The van der Waals surface area contributed by atoms with Crippen molar-refractivity contribution in [2.45, 2.75) is 26.3 Å². The van der Waals surface area contributed by atoms with Crippen LogP contribution in [-0.2, 0) is 11.3 Å². The lowest BCUT2D eigenvalue weighted by Crippen LogP contribution is -2.28. The molecule has 0 spiro atoms. The zero-order valence-corrected chi connectivity index (χ0v) is 9.03. The summed E-state index contributed by atoms with van der Waals surface area (Å²) in [4.78, 5) is 11.6. The summed E-state index contributed by atoms with van der Waals surface area (Å²) in [6, 6.07) is 3.64. The van der Waals surface area contributed by atoms with Crippen molar-refractivity contribution in [1.29, 1.82) is 0 Å². The Kier molecular flexibility index (Phi) is 4.90. The molecule has 1 aromatic rings. The van der Waals surface area contributed by atoms with Crippen molar-refractivity contribution in [1.82, 2.24) is 5.32 Å². The van der Waals surface area contributed by atoms with Gasteiger partial charge in [0.05, 0.1) is 12.8 Å². The highest BCUT2D eigenvalue weighted by atomic mass is 16.3. The van der Waals surface area contributed by atoms with Crippen LogP contribution >= 0.6 is 0 Å². The molecule has 1 aromatic heterocycles. The van der Waals surface area contributed by atoms with E-state index in [2.05, 4.69) is 5.32 Å². The van der Waals surface area contributed by atoms with Crippen LogP contribution in [0.5, 0.6) is 0 Å². The maximum absolute atomic E-state index is 11.6. The van der Waals surface area contributed by atoms with Crippen molar-refractivity contribution in [3.05, 3.63) is 24.2 Å². The Morgan fingerprint density at radius 2 is 2.47 bits per heavy atom. The molecule has 0 aliphatic rings. The summed E-state index contributed by atoms with van der Waals surface area (Å²) in [5.41, 5.74) is 5.38. The van der Waals surface area contributed by atoms with E-state index in [1.807, 2.05) is 13.0 Å². The number of rotatable bonds is 6. The van der Waals surface area contributed by atoms with Crippen LogP contribution in [0.3, 0.4) is 0 Å². The van der Waals surface area contributed by atoms with E-state index < -0.39 is 0 Å². The van der Waals surface area contributed by atoms with Gasteiger partial charge < -0.3 is 15.5 Å². The Hall–Kier alpha value is -1.29. The van der Waals surface area contributed by atoms with E-state index in [0.717, 1.165) is 18.6 Å². The Morgan fingerprint density at radius 3 is 3.07 bits per heavy atom. The normalized spacial score (nSPS) is 12.4. The Morgan fingerprint density at radius 1 is 1.67 bits per heavy atom. The highest BCUT2D eigenvalue weighted by Crippen LogP contribution is 2.05.